The maximum atomic E-state index is 12.3. The molecule has 2 atom stereocenters. The van der Waals surface area contributed by atoms with E-state index in [1.807, 2.05) is 50.2 Å². The Balaban J connectivity index is 2.82. The Morgan fingerprint density at radius 1 is 1.10 bits per heavy atom. The summed E-state index contributed by atoms with van der Waals surface area (Å²) in [5.74, 6) is 0.390. The molecule has 0 aliphatic carbocycles. The van der Waals surface area contributed by atoms with Crippen molar-refractivity contribution in [1.82, 2.24) is 4.90 Å². The van der Waals surface area contributed by atoms with Gasteiger partial charge in [0.25, 0.3) is 5.91 Å². The van der Waals surface area contributed by atoms with Crippen molar-refractivity contribution < 1.29 is 19.4 Å². The van der Waals surface area contributed by atoms with Crippen LogP contribution in [0.1, 0.15) is 44.4 Å². The second-order valence-electron chi connectivity index (χ2n) is 8.82. The fraction of sp³-hybridized carbons (Fsp3) is 0.458. The first-order chi connectivity index (χ1) is 13.9. The van der Waals surface area contributed by atoms with E-state index in [1.54, 1.807) is 25.3 Å². The van der Waals surface area contributed by atoms with Gasteiger partial charge in [0.15, 0.2) is 6.61 Å². The number of carbonyl (C=O) groups is 1. The van der Waals surface area contributed by atoms with Gasteiger partial charge in [-0.2, -0.15) is 0 Å². The summed E-state index contributed by atoms with van der Waals surface area (Å²) in [4.78, 5) is 13.2. The predicted octanol–water partition coefficient (Wildman–Crippen LogP) is 3.04. The molecular formula is C24H34N2O4. The maximum Gasteiger partial charge on any atom is 0.255 e. The summed E-state index contributed by atoms with van der Waals surface area (Å²) in [6.07, 6.45) is 0. The minimum atomic E-state index is -1.48. The van der Waals surface area contributed by atoms with Gasteiger partial charge in [0, 0.05) is 17.2 Å². The molecule has 30 heavy (non-hydrogen) atoms. The first-order valence-electron chi connectivity index (χ1n) is 10.0. The zero-order chi connectivity index (χ0) is 22.7. The first-order valence-corrected chi connectivity index (χ1v) is 10.0. The van der Waals surface area contributed by atoms with E-state index in [-0.39, 0.29) is 18.1 Å². The van der Waals surface area contributed by atoms with Crippen LogP contribution in [0.15, 0.2) is 42.5 Å². The number of aliphatic hydroxyl groups is 1. The molecule has 2 rings (SSSR count). The highest BCUT2D eigenvalue weighted by Gasteiger charge is 2.43. The molecule has 2 aromatic rings. The zero-order valence-corrected chi connectivity index (χ0v) is 19.0. The summed E-state index contributed by atoms with van der Waals surface area (Å²) < 4.78 is 11.3. The average molecular weight is 415 g/mol. The first kappa shape index (κ1) is 23.7. The second kappa shape index (κ2) is 9.06. The molecule has 2 unspecified atom stereocenters. The van der Waals surface area contributed by atoms with Gasteiger partial charge in [-0.05, 0) is 50.2 Å². The number of para-hydroxylation sites is 1. The summed E-state index contributed by atoms with van der Waals surface area (Å²) in [5.41, 5.74) is 5.92. The lowest BCUT2D eigenvalue weighted by Gasteiger charge is -2.40. The van der Waals surface area contributed by atoms with E-state index in [2.05, 4.69) is 20.8 Å². The molecule has 0 spiro atoms. The maximum absolute atomic E-state index is 12.3. The van der Waals surface area contributed by atoms with E-state index < -0.39 is 11.5 Å². The molecule has 6 nitrogen and oxygen atoms in total. The monoisotopic (exact) mass is 414 g/mol. The summed E-state index contributed by atoms with van der Waals surface area (Å²) in [6, 6.07) is 12.7. The van der Waals surface area contributed by atoms with Gasteiger partial charge in [-0.15, -0.1) is 0 Å². The Kier molecular flexibility index (Phi) is 7.16. The molecular weight excluding hydrogens is 380 g/mol. The molecule has 2 aromatic carbocycles. The van der Waals surface area contributed by atoms with E-state index in [0.717, 1.165) is 5.56 Å². The molecule has 0 saturated carbocycles. The number of likely N-dealkylation sites (N-methyl/N-ethyl adjacent to an activating group) is 1. The highest BCUT2D eigenvalue weighted by Crippen LogP contribution is 2.44. The summed E-state index contributed by atoms with van der Waals surface area (Å²) in [6.45, 7) is 8.03. The third-order valence-electron chi connectivity index (χ3n) is 5.52. The van der Waals surface area contributed by atoms with Gasteiger partial charge in [0.1, 0.15) is 17.1 Å². The number of rotatable bonds is 8. The molecule has 0 heterocycles. The number of hydrogen-bond acceptors (Lipinski definition) is 5. The molecule has 0 radical (unpaired) electrons. The van der Waals surface area contributed by atoms with Crippen molar-refractivity contribution in [3.8, 4) is 11.5 Å². The van der Waals surface area contributed by atoms with E-state index >= 15 is 0 Å². The fourth-order valence-electron chi connectivity index (χ4n) is 3.50. The number of nitrogens with zero attached hydrogens (tertiary/aromatic N) is 1. The number of amides is 1. The van der Waals surface area contributed by atoms with Crippen LogP contribution in [0, 0.1) is 0 Å². The molecule has 0 saturated heterocycles. The Hall–Kier alpha value is -2.57. The summed E-state index contributed by atoms with van der Waals surface area (Å²) in [5, 5.41) is 12.3. The topological polar surface area (TPSA) is 85.0 Å². The summed E-state index contributed by atoms with van der Waals surface area (Å²) >= 11 is 0. The van der Waals surface area contributed by atoms with Crippen LogP contribution in [-0.2, 0) is 15.8 Å². The van der Waals surface area contributed by atoms with E-state index in [9.17, 15) is 9.90 Å². The van der Waals surface area contributed by atoms with Crippen LogP contribution < -0.4 is 15.2 Å². The molecule has 164 valence electrons. The fourth-order valence-corrected chi connectivity index (χ4v) is 3.50. The van der Waals surface area contributed by atoms with Crippen molar-refractivity contribution in [2.24, 2.45) is 5.73 Å². The molecule has 0 fully saturated rings. The Morgan fingerprint density at radius 3 is 2.27 bits per heavy atom. The number of ether oxygens (including phenoxy) is 2. The van der Waals surface area contributed by atoms with Crippen molar-refractivity contribution in [1.29, 1.82) is 0 Å². The molecule has 6 heteroatoms. The largest absolute Gasteiger partial charge is 0.496 e. The van der Waals surface area contributed by atoms with Gasteiger partial charge in [-0.3, -0.25) is 4.79 Å². The zero-order valence-electron chi connectivity index (χ0n) is 19.0. The number of carbonyl (C=O) groups excluding carboxylic acids is 1. The Bertz CT molecular complexity index is 889. The van der Waals surface area contributed by atoms with Crippen molar-refractivity contribution in [2.45, 2.75) is 44.8 Å². The minimum absolute atomic E-state index is 0.120. The van der Waals surface area contributed by atoms with Crippen molar-refractivity contribution in [3.63, 3.8) is 0 Å². The van der Waals surface area contributed by atoms with E-state index in [1.165, 1.54) is 0 Å². The van der Waals surface area contributed by atoms with Crippen LogP contribution in [0.4, 0.5) is 0 Å². The molecule has 3 N–H and O–H groups in total. The van der Waals surface area contributed by atoms with Crippen LogP contribution >= 0.6 is 0 Å². The van der Waals surface area contributed by atoms with E-state index in [4.69, 9.17) is 15.2 Å². The standard InChI is InChI=1S/C24H34N2O4/c1-16(26(5)6)24(28,18-10-8-9-11-21(18)30-15-22(25)27)19-14-17(23(2,3)4)12-13-20(19)29-7/h8-14,16,28H,15H2,1-7H3,(H2,25,27). The number of methoxy groups -OCH3 is 1. The van der Waals surface area contributed by atoms with Gasteiger partial charge in [0.2, 0.25) is 0 Å². The lowest BCUT2D eigenvalue weighted by atomic mass is 9.76. The normalized spacial score (nSPS) is 14.8. The minimum Gasteiger partial charge on any atom is -0.496 e. The quantitative estimate of drug-likeness (QED) is 0.694. The van der Waals surface area contributed by atoms with Crippen LogP contribution in [0.3, 0.4) is 0 Å². The highest BCUT2D eigenvalue weighted by atomic mass is 16.5. The molecule has 0 aromatic heterocycles. The van der Waals surface area contributed by atoms with Gasteiger partial charge < -0.3 is 25.2 Å². The van der Waals surface area contributed by atoms with E-state index in [0.29, 0.717) is 22.6 Å². The lowest BCUT2D eigenvalue weighted by molar-refractivity contribution is -0.120. The van der Waals surface area contributed by atoms with Gasteiger partial charge in [-0.1, -0.05) is 45.0 Å². The molecule has 0 bridgehead atoms. The number of primary amides is 1. The average Bonchev–Trinajstić information content (AvgIpc) is 2.70. The second-order valence-corrected chi connectivity index (χ2v) is 8.82. The summed E-state index contributed by atoms with van der Waals surface area (Å²) in [7, 11) is 5.40. The predicted molar refractivity (Wildman–Crippen MR) is 119 cm³/mol. The van der Waals surface area contributed by atoms with Crippen molar-refractivity contribution >= 4 is 5.91 Å². The smallest absolute Gasteiger partial charge is 0.255 e. The van der Waals surface area contributed by atoms with Gasteiger partial charge >= 0.3 is 0 Å². The van der Waals surface area contributed by atoms with Crippen molar-refractivity contribution in [3.05, 3.63) is 59.2 Å². The molecule has 0 aliphatic rings. The van der Waals surface area contributed by atoms with Crippen LogP contribution in [0.2, 0.25) is 0 Å². The third-order valence-corrected chi connectivity index (χ3v) is 5.52. The number of nitrogens with two attached hydrogens (primary N) is 1. The van der Waals surface area contributed by atoms with Gasteiger partial charge in [-0.25, -0.2) is 0 Å². The molecule has 1 amide bonds. The van der Waals surface area contributed by atoms with Crippen LogP contribution in [0.5, 0.6) is 11.5 Å². The highest BCUT2D eigenvalue weighted by molar-refractivity contribution is 5.75. The SMILES string of the molecule is COc1ccc(C(C)(C)C)cc1C(O)(c1ccccc1OCC(N)=O)C(C)N(C)C. The van der Waals surface area contributed by atoms with Crippen molar-refractivity contribution in [2.75, 3.05) is 27.8 Å². The van der Waals surface area contributed by atoms with Crippen LogP contribution in [0.25, 0.3) is 0 Å². The lowest BCUT2D eigenvalue weighted by Crippen LogP contribution is -2.47. The van der Waals surface area contributed by atoms with Crippen LogP contribution in [-0.4, -0.2) is 49.8 Å². The Labute approximate surface area is 179 Å². The van der Waals surface area contributed by atoms with Gasteiger partial charge in [0.05, 0.1) is 7.11 Å². The number of benzene rings is 2. The molecule has 0 aliphatic heterocycles. The Morgan fingerprint density at radius 2 is 1.73 bits per heavy atom. The number of hydrogen-bond donors (Lipinski definition) is 2. The third kappa shape index (κ3) is 4.77.